The molecule has 1 heteroatoms. The third-order valence-electron chi connectivity index (χ3n) is 2.68. The van der Waals surface area contributed by atoms with Crippen molar-refractivity contribution < 1.29 is 4.42 Å². The van der Waals surface area contributed by atoms with Gasteiger partial charge < -0.3 is 4.42 Å². The van der Waals surface area contributed by atoms with E-state index in [2.05, 4.69) is 58.0 Å². The van der Waals surface area contributed by atoms with Gasteiger partial charge in [-0.2, -0.15) is 0 Å². The van der Waals surface area contributed by atoms with Gasteiger partial charge in [0.15, 0.2) is 0 Å². The fourth-order valence-corrected chi connectivity index (χ4v) is 1.61. The summed E-state index contributed by atoms with van der Waals surface area (Å²) in [7, 11) is 0. The lowest BCUT2D eigenvalue weighted by Crippen LogP contribution is -2.08. The first-order valence-corrected chi connectivity index (χ1v) is 5.64. The fourth-order valence-electron chi connectivity index (χ4n) is 1.61. The molecule has 1 heterocycles. The SMILES string of the molecule is Cc1ccc(-c2ccc(C(C)(C)C)o2)cc1. The Morgan fingerprint density at radius 1 is 0.875 bits per heavy atom. The Balaban J connectivity index is 2.35. The van der Waals surface area contributed by atoms with Gasteiger partial charge in [0.05, 0.1) is 0 Å². The summed E-state index contributed by atoms with van der Waals surface area (Å²) in [4.78, 5) is 0. The molecule has 2 rings (SSSR count). The Morgan fingerprint density at radius 3 is 2.00 bits per heavy atom. The van der Waals surface area contributed by atoms with Gasteiger partial charge in [-0.1, -0.05) is 50.6 Å². The molecule has 1 aromatic heterocycles. The minimum Gasteiger partial charge on any atom is -0.461 e. The molecule has 0 spiro atoms. The maximum atomic E-state index is 5.87. The smallest absolute Gasteiger partial charge is 0.134 e. The van der Waals surface area contributed by atoms with Gasteiger partial charge >= 0.3 is 0 Å². The Bertz CT molecular complexity index is 469. The molecule has 16 heavy (non-hydrogen) atoms. The molecule has 0 amide bonds. The second kappa shape index (κ2) is 3.82. The average Bonchev–Trinajstić information content (AvgIpc) is 2.67. The lowest BCUT2D eigenvalue weighted by Gasteiger charge is -2.14. The number of rotatable bonds is 1. The van der Waals surface area contributed by atoms with Crippen molar-refractivity contribution in [1.82, 2.24) is 0 Å². The van der Waals surface area contributed by atoms with Gasteiger partial charge in [0.1, 0.15) is 11.5 Å². The lowest BCUT2D eigenvalue weighted by molar-refractivity contribution is 0.417. The standard InChI is InChI=1S/C15H18O/c1-11-5-7-12(8-6-11)13-9-10-14(16-13)15(2,3)4/h5-10H,1-4H3. The first-order valence-electron chi connectivity index (χ1n) is 5.64. The van der Waals surface area contributed by atoms with Crippen molar-refractivity contribution in [2.24, 2.45) is 0 Å². The minimum atomic E-state index is 0.0724. The van der Waals surface area contributed by atoms with Crippen molar-refractivity contribution in [3.63, 3.8) is 0 Å². The molecule has 1 nitrogen and oxygen atoms in total. The van der Waals surface area contributed by atoms with Crippen molar-refractivity contribution in [3.8, 4) is 11.3 Å². The Morgan fingerprint density at radius 2 is 1.50 bits per heavy atom. The molecule has 0 N–H and O–H groups in total. The number of hydrogen-bond donors (Lipinski definition) is 0. The zero-order valence-corrected chi connectivity index (χ0v) is 10.4. The lowest BCUT2D eigenvalue weighted by atomic mass is 9.94. The molecule has 0 atom stereocenters. The van der Waals surface area contributed by atoms with Crippen LogP contribution in [0.1, 0.15) is 32.1 Å². The van der Waals surface area contributed by atoms with Crippen LogP contribution in [0.25, 0.3) is 11.3 Å². The molecular formula is C15H18O. The van der Waals surface area contributed by atoms with E-state index in [1.165, 1.54) is 5.56 Å². The van der Waals surface area contributed by atoms with Crippen LogP contribution in [-0.4, -0.2) is 0 Å². The maximum absolute atomic E-state index is 5.87. The zero-order valence-electron chi connectivity index (χ0n) is 10.4. The van der Waals surface area contributed by atoms with Crippen LogP contribution in [0.2, 0.25) is 0 Å². The molecule has 0 radical (unpaired) electrons. The van der Waals surface area contributed by atoms with Crippen LogP contribution >= 0.6 is 0 Å². The number of benzene rings is 1. The minimum absolute atomic E-state index is 0.0724. The van der Waals surface area contributed by atoms with E-state index in [4.69, 9.17) is 4.42 Å². The molecule has 0 aliphatic heterocycles. The molecule has 0 aliphatic rings. The molecule has 84 valence electrons. The van der Waals surface area contributed by atoms with Crippen LogP contribution in [0.4, 0.5) is 0 Å². The Kier molecular flexibility index (Phi) is 2.63. The van der Waals surface area contributed by atoms with Crippen molar-refractivity contribution >= 4 is 0 Å². The molecule has 0 fully saturated rings. The van der Waals surface area contributed by atoms with E-state index in [1.807, 2.05) is 6.07 Å². The molecular weight excluding hydrogens is 196 g/mol. The zero-order chi connectivity index (χ0) is 11.8. The molecule has 0 aliphatic carbocycles. The summed E-state index contributed by atoms with van der Waals surface area (Å²) in [5, 5.41) is 0. The fraction of sp³-hybridized carbons (Fsp3) is 0.333. The van der Waals surface area contributed by atoms with Crippen LogP contribution in [0.15, 0.2) is 40.8 Å². The first-order chi connectivity index (χ1) is 7.47. The van der Waals surface area contributed by atoms with Crippen molar-refractivity contribution in [1.29, 1.82) is 0 Å². The van der Waals surface area contributed by atoms with Gasteiger partial charge in [-0.05, 0) is 19.1 Å². The topological polar surface area (TPSA) is 13.1 Å². The van der Waals surface area contributed by atoms with Gasteiger partial charge in [-0.25, -0.2) is 0 Å². The molecule has 0 bridgehead atoms. The predicted octanol–water partition coefficient (Wildman–Crippen LogP) is 4.55. The van der Waals surface area contributed by atoms with Gasteiger partial charge in [0.2, 0.25) is 0 Å². The summed E-state index contributed by atoms with van der Waals surface area (Å²) in [5.74, 6) is 1.98. The van der Waals surface area contributed by atoms with Crippen LogP contribution in [0, 0.1) is 6.92 Å². The summed E-state index contributed by atoms with van der Waals surface area (Å²) in [6.07, 6.45) is 0. The van der Waals surface area contributed by atoms with E-state index in [9.17, 15) is 0 Å². The quantitative estimate of drug-likeness (QED) is 0.678. The summed E-state index contributed by atoms with van der Waals surface area (Å²) in [6, 6.07) is 12.5. The van der Waals surface area contributed by atoms with Gasteiger partial charge in [-0.15, -0.1) is 0 Å². The highest BCUT2D eigenvalue weighted by Crippen LogP contribution is 2.29. The van der Waals surface area contributed by atoms with Crippen LogP contribution in [0.3, 0.4) is 0 Å². The van der Waals surface area contributed by atoms with Crippen molar-refractivity contribution in [3.05, 3.63) is 47.7 Å². The number of hydrogen-bond acceptors (Lipinski definition) is 1. The second-order valence-electron chi connectivity index (χ2n) is 5.28. The van der Waals surface area contributed by atoms with E-state index < -0.39 is 0 Å². The van der Waals surface area contributed by atoms with Crippen molar-refractivity contribution in [2.45, 2.75) is 33.1 Å². The molecule has 0 saturated carbocycles. The largest absolute Gasteiger partial charge is 0.461 e. The Labute approximate surface area is 97.1 Å². The summed E-state index contributed by atoms with van der Waals surface area (Å²) in [5.41, 5.74) is 2.48. The average molecular weight is 214 g/mol. The van der Waals surface area contributed by atoms with Crippen molar-refractivity contribution in [2.75, 3.05) is 0 Å². The number of aryl methyl sites for hydroxylation is 1. The van der Waals surface area contributed by atoms with Crippen LogP contribution < -0.4 is 0 Å². The monoisotopic (exact) mass is 214 g/mol. The van der Waals surface area contributed by atoms with Crippen LogP contribution in [0.5, 0.6) is 0 Å². The van der Waals surface area contributed by atoms with Gasteiger partial charge in [0, 0.05) is 11.0 Å². The van der Waals surface area contributed by atoms with E-state index in [0.717, 1.165) is 17.1 Å². The van der Waals surface area contributed by atoms with Gasteiger partial charge in [0.25, 0.3) is 0 Å². The predicted molar refractivity (Wildman–Crippen MR) is 67.6 cm³/mol. The van der Waals surface area contributed by atoms with E-state index in [1.54, 1.807) is 0 Å². The first kappa shape index (κ1) is 11.0. The highest BCUT2D eigenvalue weighted by atomic mass is 16.3. The molecule has 0 unspecified atom stereocenters. The summed E-state index contributed by atoms with van der Waals surface area (Å²) < 4.78 is 5.87. The summed E-state index contributed by atoms with van der Waals surface area (Å²) in [6.45, 7) is 8.56. The third kappa shape index (κ3) is 2.19. The molecule has 0 saturated heterocycles. The molecule has 2 aromatic rings. The third-order valence-corrected chi connectivity index (χ3v) is 2.68. The van der Waals surface area contributed by atoms with E-state index >= 15 is 0 Å². The normalized spacial score (nSPS) is 11.8. The summed E-state index contributed by atoms with van der Waals surface area (Å²) >= 11 is 0. The number of furan rings is 1. The highest BCUT2D eigenvalue weighted by Gasteiger charge is 2.18. The Hall–Kier alpha value is -1.50. The van der Waals surface area contributed by atoms with E-state index in [0.29, 0.717) is 0 Å². The molecule has 1 aromatic carbocycles. The van der Waals surface area contributed by atoms with Gasteiger partial charge in [-0.3, -0.25) is 0 Å². The maximum Gasteiger partial charge on any atom is 0.134 e. The van der Waals surface area contributed by atoms with Crippen LogP contribution in [-0.2, 0) is 5.41 Å². The van der Waals surface area contributed by atoms with E-state index in [-0.39, 0.29) is 5.41 Å². The highest BCUT2D eigenvalue weighted by molar-refractivity contribution is 5.58. The second-order valence-corrected chi connectivity index (χ2v) is 5.28.